The zero-order chi connectivity index (χ0) is 25.4. The minimum atomic E-state index is -0.502. The third kappa shape index (κ3) is 4.94. The Balaban J connectivity index is 1.35. The Hall–Kier alpha value is -3.42. The number of hydrogen-bond acceptors (Lipinski definition) is 6. The molecule has 1 fully saturated rings. The maximum atomic E-state index is 12.9. The summed E-state index contributed by atoms with van der Waals surface area (Å²) in [7, 11) is 0. The number of morpholine rings is 1. The summed E-state index contributed by atoms with van der Waals surface area (Å²) < 4.78 is 16.7. The highest BCUT2D eigenvalue weighted by Gasteiger charge is 2.22. The largest absolute Gasteiger partial charge is 0.464 e. The number of carbonyl (C=O) groups is 1. The standard InChI is InChI=1S/C29H32N2O5/c1-18-21-13-23-24(29(2,3)4)17-35-25(23)15-26(21)36-28(33)22(18)14-27(32)30-20-7-5-19(6-8-20)16-31-9-11-34-12-10-31/h5-8,13,15,17H,9-12,14,16H2,1-4H3,(H,30,32). The minimum absolute atomic E-state index is 0.0603. The highest BCUT2D eigenvalue weighted by atomic mass is 16.5. The van der Waals surface area contributed by atoms with Crippen LogP contribution in [0.4, 0.5) is 5.69 Å². The van der Waals surface area contributed by atoms with Crippen molar-refractivity contribution >= 4 is 33.5 Å². The molecule has 0 saturated carbocycles. The molecule has 188 valence electrons. The first kappa shape index (κ1) is 24.3. The van der Waals surface area contributed by atoms with Gasteiger partial charge in [0.15, 0.2) is 0 Å². The van der Waals surface area contributed by atoms with Crippen LogP contribution in [0.3, 0.4) is 0 Å². The number of aryl methyl sites for hydroxylation is 1. The van der Waals surface area contributed by atoms with E-state index in [2.05, 4.69) is 31.0 Å². The van der Waals surface area contributed by atoms with Crippen molar-refractivity contribution in [1.82, 2.24) is 4.90 Å². The van der Waals surface area contributed by atoms with Crippen molar-refractivity contribution in [3.63, 3.8) is 0 Å². The highest BCUT2D eigenvalue weighted by molar-refractivity contribution is 5.98. The number of ether oxygens (including phenoxy) is 1. The van der Waals surface area contributed by atoms with E-state index in [4.69, 9.17) is 13.6 Å². The highest BCUT2D eigenvalue weighted by Crippen LogP contribution is 2.35. The normalized spacial score (nSPS) is 15.0. The number of rotatable bonds is 5. The quantitative estimate of drug-likeness (QED) is 0.391. The summed E-state index contributed by atoms with van der Waals surface area (Å²) in [5, 5.41) is 4.71. The number of furan rings is 1. The first-order valence-electron chi connectivity index (χ1n) is 12.4. The second-order valence-electron chi connectivity index (χ2n) is 10.5. The van der Waals surface area contributed by atoms with Gasteiger partial charge in [-0.15, -0.1) is 0 Å². The lowest BCUT2D eigenvalue weighted by molar-refractivity contribution is -0.115. The molecule has 0 bridgehead atoms. The van der Waals surface area contributed by atoms with Gasteiger partial charge in [0.05, 0.1) is 31.5 Å². The number of hydrogen-bond donors (Lipinski definition) is 1. The number of anilines is 1. The zero-order valence-corrected chi connectivity index (χ0v) is 21.3. The lowest BCUT2D eigenvalue weighted by atomic mass is 9.86. The molecule has 0 aliphatic carbocycles. The van der Waals surface area contributed by atoms with Crippen LogP contribution < -0.4 is 10.9 Å². The van der Waals surface area contributed by atoms with Crippen molar-refractivity contribution < 1.29 is 18.4 Å². The Kier molecular flexibility index (Phi) is 6.45. The average Bonchev–Trinajstić information content (AvgIpc) is 3.26. The summed E-state index contributed by atoms with van der Waals surface area (Å²) in [5.41, 5.74) is 4.62. The fourth-order valence-corrected chi connectivity index (χ4v) is 4.77. The number of nitrogens with one attached hydrogen (secondary N) is 1. The van der Waals surface area contributed by atoms with Crippen LogP contribution in [0.1, 0.15) is 43.0 Å². The van der Waals surface area contributed by atoms with Gasteiger partial charge >= 0.3 is 5.63 Å². The maximum absolute atomic E-state index is 12.9. The van der Waals surface area contributed by atoms with Crippen molar-refractivity contribution in [3.05, 3.63) is 75.3 Å². The fraction of sp³-hybridized carbons (Fsp3) is 0.379. The molecule has 5 rings (SSSR count). The summed E-state index contributed by atoms with van der Waals surface area (Å²) >= 11 is 0. The summed E-state index contributed by atoms with van der Waals surface area (Å²) in [6.07, 6.45) is 1.70. The molecular weight excluding hydrogens is 456 g/mol. The molecule has 1 saturated heterocycles. The molecule has 1 aliphatic rings. The van der Waals surface area contributed by atoms with Crippen LogP contribution in [0.5, 0.6) is 0 Å². The van der Waals surface area contributed by atoms with E-state index in [1.807, 2.05) is 37.3 Å². The summed E-state index contributed by atoms with van der Waals surface area (Å²) in [5.74, 6) is -0.259. The van der Waals surface area contributed by atoms with Crippen LogP contribution >= 0.6 is 0 Å². The van der Waals surface area contributed by atoms with E-state index >= 15 is 0 Å². The third-order valence-corrected chi connectivity index (χ3v) is 6.87. The van der Waals surface area contributed by atoms with Crippen molar-refractivity contribution in [3.8, 4) is 0 Å². The third-order valence-electron chi connectivity index (χ3n) is 6.87. The monoisotopic (exact) mass is 488 g/mol. The second-order valence-corrected chi connectivity index (χ2v) is 10.5. The van der Waals surface area contributed by atoms with Gasteiger partial charge in [-0.2, -0.15) is 0 Å². The van der Waals surface area contributed by atoms with Crippen LogP contribution in [0, 0.1) is 6.92 Å². The Bertz CT molecular complexity index is 1470. The number of nitrogens with zero attached hydrogens (tertiary/aromatic N) is 1. The van der Waals surface area contributed by atoms with E-state index in [9.17, 15) is 9.59 Å². The van der Waals surface area contributed by atoms with Crippen LogP contribution in [0.25, 0.3) is 21.9 Å². The first-order chi connectivity index (χ1) is 17.2. The van der Waals surface area contributed by atoms with Gasteiger partial charge in [-0.25, -0.2) is 4.79 Å². The van der Waals surface area contributed by atoms with Crippen molar-refractivity contribution in [2.24, 2.45) is 0 Å². The van der Waals surface area contributed by atoms with Crippen LogP contribution in [-0.4, -0.2) is 37.1 Å². The molecule has 0 radical (unpaired) electrons. The molecule has 7 heteroatoms. The van der Waals surface area contributed by atoms with Gasteiger partial charge in [0.2, 0.25) is 5.91 Å². The molecule has 3 heterocycles. The molecule has 2 aromatic heterocycles. The van der Waals surface area contributed by atoms with Crippen molar-refractivity contribution in [2.75, 3.05) is 31.6 Å². The van der Waals surface area contributed by atoms with Crippen LogP contribution in [0.15, 0.2) is 56.3 Å². The molecule has 36 heavy (non-hydrogen) atoms. The predicted molar refractivity (Wildman–Crippen MR) is 141 cm³/mol. The SMILES string of the molecule is Cc1c(CC(=O)Nc2ccc(CN3CCOCC3)cc2)c(=O)oc2cc3occ(C(C)(C)C)c3cc12. The Labute approximate surface area is 210 Å². The van der Waals surface area contributed by atoms with Gasteiger partial charge < -0.3 is 18.9 Å². The van der Waals surface area contributed by atoms with Gasteiger partial charge in [0.25, 0.3) is 0 Å². The van der Waals surface area contributed by atoms with E-state index in [-0.39, 0.29) is 17.7 Å². The van der Waals surface area contributed by atoms with E-state index < -0.39 is 5.63 Å². The summed E-state index contributed by atoms with van der Waals surface area (Å²) in [6, 6.07) is 11.6. The number of carbonyl (C=O) groups excluding carboxylic acids is 1. The molecule has 7 nitrogen and oxygen atoms in total. The van der Waals surface area contributed by atoms with Gasteiger partial charge in [-0.1, -0.05) is 32.9 Å². The molecule has 2 aromatic carbocycles. The van der Waals surface area contributed by atoms with Crippen LogP contribution in [-0.2, 0) is 27.9 Å². The van der Waals surface area contributed by atoms with Gasteiger partial charge in [-0.05, 0) is 41.7 Å². The topological polar surface area (TPSA) is 84.9 Å². The minimum Gasteiger partial charge on any atom is -0.464 e. The molecule has 1 N–H and O–H groups in total. The predicted octanol–water partition coefficient (Wildman–Crippen LogP) is 5.16. The smallest absolute Gasteiger partial charge is 0.340 e. The molecule has 0 atom stereocenters. The first-order valence-corrected chi connectivity index (χ1v) is 12.4. The van der Waals surface area contributed by atoms with Gasteiger partial charge in [-0.3, -0.25) is 9.69 Å². The Morgan fingerprint density at radius 2 is 1.75 bits per heavy atom. The molecule has 1 amide bonds. The van der Waals surface area contributed by atoms with Crippen molar-refractivity contribution in [2.45, 2.75) is 46.1 Å². The molecule has 0 spiro atoms. The van der Waals surface area contributed by atoms with E-state index in [1.54, 1.807) is 12.3 Å². The second kappa shape index (κ2) is 9.56. The number of amides is 1. The van der Waals surface area contributed by atoms with Crippen molar-refractivity contribution in [1.29, 1.82) is 0 Å². The van der Waals surface area contributed by atoms with E-state index in [1.165, 1.54) is 5.56 Å². The summed E-state index contributed by atoms with van der Waals surface area (Å²) in [6.45, 7) is 12.5. The molecule has 1 aliphatic heterocycles. The maximum Gasteiger partial charge on any atom is 0.340 e. The van der Waals surface area contributed by atoms with Crippen LogP contribution in [0.2, 0.25) is 0 Å². The molecule has 0 unspecified atom stereocenters. The Morgan fingerprint density at radius 1 is 1.03 bits per heavy atom. The number of fused-ring (bicyclic) bond motifs is 2. The molecular formula is C29H32N2O5. The van der Waals surface area contributed by atoms with E-state index in [0.29, 0.717) is 22.4 Å². The fourth-order valence-electron chi connectivity index (χ4n) is 4.77. The Morgan fingerprint density at radius 3 is 2.44 bits per heavy atom. The summed E-state index contributed by atoms with van der Waals surface area (Å²) in [4.78, 5) is 28.0. The lowest BCUT2D eigenvalue weighted by Crippen LogP contribution is -2.35. The van der Waals surface area contributed by atoms with Gasteiger partial charge in [0.1, 0.15) is 11.2 Å². The number of benzene rings is 2. The average molecular weight is 489 g/mol. The van der Waals surface area contributed by atoms with E-state index in [0.717, 1.165) is 54.7 Å². The zero-order valence-electron chi connectivity index (χ0n) is 21.3. The molecule has 4 aromatic rings. The lowest BCUT2D eigenvalue weighted by Gasteiger charge is -2.26. The van der Waals surface area contributed by atoms with Gasteiger partial charge in [0, 0.05) is 47.7 Å².